The molecule has 90 valence electrons. The maximum atomic E-state index is 11.4. The van der Waals surface area contributed by atoms with Crippen molar-refractivity contribution >= 4 is 42.2 Å². The Labute approximate surface area is 109 Å². The predicted molar refractivity (Wildman–Crippen MR) is 70.0 cm³/mol. The summed E-state index contributed by atoms with van der Waals surface area (Å²) in [5, 5.41) is 0.616. The van der Waals surface area contributed by atoms with Gasteiger partial charge in [-0.25, -0.2) is 8.42 Å². The summed E-state index contributed by atoms with van der Waals surface area (Å²) in [6.45, 7) is 0.496. The van der Waals surface area contributed by atoms with Crippen molar-refractivity contribution in [2.45, 2.75) is 11.4 Å². The lowest BCUT2D eigenvalue weighted by Gasteiger charge is -1.99. The van der Waals surface area contributed by atoms with Crippen LogP contribution in [0, 0.1) is 0 Å². The number of hydrogen-bond acceptors (Lipinski definition) is 2. The molecule has 0 radical (unpaired) electrons. The number of fused-ring (bicyclic) bond motifs is 1. The Bertz CT molecular complexity index is 674. The lowest BCUT2D eigenvalue weighted by atomic mass is 10.2. The fraction of sp³-hybridized carbons (Fsp3) is 0.0909. The van der Waals surface area contributed by atoms with E-state index in [1.54, 1.807) is 22.8 Å². The Morgan fingerprint density at radius 1 is 1.29 bits per heavy atom. The van der Waals surface area contributed by atoms with Crippen molar-refractivity contribution in [3.8, 4) is 0 Å². The molecule has 0 aliphatic heterocycles. The van der Waals surface area contributed by atoms with Gasteiger partial charge in [0.05, 0.1) is 0 Å². The first kappa shape index (κ1) is 12.5. The van der Waals surface area contributed by atoms with Crippen molar-refractivity contribution in [2.24, 2.45) is 0 Å². The van der Waals surface area contributed by atoms with Crippen LogP contribution < -0.4 is 0 Å². The van der Waals surface area contributed by atoms with E-state index in [0.29, 0.717) is 11.9 Å². The lowest BCUT2D eigenvalue weighted by molar-refractivity contribution is 0.610. The second-order valence-corrected chi connectivity index (χ2v) is 6.25. The largest absolute Gasteiger partial charge is 0.342 e. The molecule has 0 bridgehead atoms. The number of aromatic nitrogens is 1. The number of benzene rings is 1. The molecule has 2 aromatic rings. The summed E-state index contributed by atoms with van der Waals surface area (Å²) in [4.78, 5) is 0.123. The van der Waals surface area contributed by atoms with Crippen molar-refractivity contribution in [1.29, 1.82) is 0 Å². The Balaban J connectivity index is 2.71. The fourth-order valence-corrected chi connectivity index (χ4v) is 2.85. The topological polar surface area (TPSA) is 39.1 Å². The van der Waals surface area contributed by atoms with E-state index in [-0.39, 0.29) is 4.90 Å². The van der Waals surface area contributed by atoms with Crippen LogP contribution in [0.5, 0.6) is 0 Å². The third-order valence-corrected chi connectivity index (χ3v) is 3.93. The van der Waals surface area contributed by atoms with Crippen LogP contribution in [0.25, 0.3) is 10.9 Å². The van der Waals surface area contributed by atoms with Gasteiger partial charge in [0, 0.05) is 39.9 Å². The average molecular weight is 290 g/mol. The zero-order chi connectivity index (χ0) is 12.5. The summed E-state index contributed by atoms with van der Waals surface area (Å²) < 4.78 is 24.7. The Morgan fingerprint density at radius 2 is 2.00 bits per heavy atom. The molecule has 0 N–H and O–H groups in total. The maximum Gasteiger partial charge on any atom is 0.263 e. The molecule has 3 nitrogen and oxygen atoms in total. The average Bonchev–Trinajstić information content (AvgIpc) is 2.65. The summed E-state index contributed by atoms with van der Waals surface area (Å²) in [5.41, 5.74) is 2.20. The number of rotatable bonds is 3. The molecule has 0 amide bonds. The van der Waals surface area contributed by atoms with Gasteiger partial charge in [-0.1, -0.05) is 35.9 Å². The first-order valence-corrected chi connectivity index (χ1v) is 7.56. The third-order valence-electron chi connectivity index (χ3n) is 2.41. The van der Waals surface area contributed by atoms with Crippen LogP contribution in [0.1, 0.15) is 0 Å². The van der Waals surface area contributed by atoms with Crippen LogP contribution in [-0.2, 0) is 15.6 Å². The molecule has 2 rings (SSSR count). The highest BCUT2D eigenvalue weighted by molar-refractivity contribution is 8.14. The van der Waals surface area contributed by atoms with Crippen LogP contribution in [-0.4, -0.2) is 13.0 Å². The van der Waals surface area contributed by atoms with Gasteiger partial charge in [-0.15, -0.1) is 0 Å². The van der Waals surface area contributed by atoms with E-state index in [2.05, 4.69) is 0 Å². The molecule has 0 saturated carbocycles. The molecule has 1 aromatic heterocycles. The van der Waals surface area contributed by atoms with Crippen molar-refractivity contribution in [3.05, 3.63) is 42.1 Å². The SMILES string of the molecule is O=S(=O)(Cl)c1cn(C/C=C/Cl)c2ccccc12. The van der Waals surface area contributed by atoms with E-state index in [1.165, 1.54) is 11.7 Å². The maximum absolute atomic E-state index is 11.4. The standard InChI is InChI=1S/C11H9Cl2NO2S/c12-6-3-7-14-8-11(17(13,15)16)9-4-1-2-5-10(9)14/h1-6,8H,7H2/b6-3+. The zero-order valence-corrected chi connectivity index (χ0v) is 11.0. The van der Waals surface area contributed by atoms with E-state index < -0.39 is 9.05 Å². The zero-order valence-electron chi connectivity index (χ0n) is 8.68. The van der Waals surface area contributed by atoms with Gasteiger partial charge in [-0.05, 0) is 6.07 Å². The van der Waals surface area contributed by atoms with E-state index in [1.807, 2.05) is 12.1 Å². The molecule has 1 heterocycles. The molecular formula is C11H9Cl2NO2S. The minimum absolute atomic E-state index is 0.123. The van der Waals surface area contributed by atoms with Gasteiger partial charge in [-0.3, -0.25) is 0 Å². The lowest BCUT2D eigenvalue weighted by Crippen LogP contribution is -1.92. The quantitative estimate of drug-likeness (QED) is 0.813. The normalized spacial score (nSPS) is 12.6. The van der Waals surface area contributed by atoms with Gasteiger partial charge in [0.15, 0.2) is 0 Å². The molecule has 0 aliphatic carbocycles. The minimum Gasteiger partial charge on any atom is -0.342 e. The van der Waals surface area contributed by atoms with Gasteiger partial charge < -0.3 is 4.57 Å². The molecule has 0 spiro atoms. The number of nitrogens with zero attached hydrogens (tertiary/aromatic N) is 1. The highest BCUT2D eigenvalue weighted by Gasteiger charge is 2.17. The Morgan fingerprint density at radius 3 is 2.65 bits per heavy atom. The van der Waals surface area contributed by atoms with Crippen LogP contribution in [0.2, 0.25) is 0 Å². The van der Waals surface area contributed by atoms with Crippen LogP contribution in [0.4, 0.5) is 0 Å². The van der Waals surface area contributed by atoms with Crippen LogP contribution in [0.3, 0.4) is 0 Å². The van der Waals surface area contributed by atoms with Gasteiger partial charge in [0.1, 0.15) is 4.90 Å². The number of allylic oxidation sites excluding steroid dienone is 1. The van der Waals surface area contributed by atoms with Crippen molar-refractivity contribution < 1.29 is 8.42 Å². The van der Waals surface area contributed by atoms with E-state index in [0.717, 1.165) is 5.52 Å². The molecule has 0 atom stereocenters. The third kappa shape index (κ3) is 2.49. The second-order valence-electron chi connectivity index (χ2n) is 3.46. The summed E-state index contributed by atoms with van der Waals surface area (Å²) in [6.07, 6.45) is 3.24. The molecule has 0 unspecified atom stereocenters. The first-order valence-electron chi connectivity index (χ1n) is 4.82. The molecule has 0 fully saturated rings. The van der Waals surface area contributed by atoms with E-state index in [4.69, 9.17) is 22.3 Å². The second kappa shape index (κ2) is 4.72. The van der Waals surface area contributed by atoms with Crippen LogP contribution in [0.15, 0.2) is 47.0 Å². The molecular weight excluding hydrogens is 281 g/mol. The van der Waals surface area contributed by atoms with Gasteiger partial charge in [-0.2, -0.15) is 0 Å². The van der Waals surface area contributed by atoms with Gasteiger partial charge >= 0.3 is 0 Å². The van der Waals surface area contributed by atoms with Crippen LogP contribution >= 0.6 is 22.3 Å². The highest BCUT2D eigenvalue weighted by atomic mass is 35.7. The van der Waals surface area contributed by atoms with Crippen molar-refractivity contribution in [1.82, 2.24) is 4.57 Å². The Hall–Kier alpha value is -0.970. The number of halogens is 2. The van der Waals surface area contributed by atoms with E-state index >= 15 is 0 Å². The van der Waals surface area contributed by atoms with Crippen molar-refractivity contribution in [2.75, 3.05) is 0 Å². The predicted octanol–water partition coefficient (Wildman–Crippen LogP) is 3.32. The van der Waals surface area contributed by atoms with E-state index in [9.17, 15) is 8.42 Å². The smallest absolute Gasteiger partial charge is 0.263 e. The molecule has 1 aromatic carbocycles. The monoisotopic (exact) mass is 289 g/mol. The Kier molecular flexibility index (Phi) is 3.47. The molecule has 0 saturated heterocycles. The molecule has 0 aliphatic rings. The first-order chi connectivity index (χ1) is 8.04. The summed E-state index contributed by atoms with van der Waals surface area (Å²) in [7, 11) is 1.66. The summed E-state index contributed by atoms with van der Waals surface area (Å²) in [6, 6.07) is 7.18. The molecule has 17 heavy (non-hydrogen) atoms. The van der Waals surface area contributed by atoms with Crippen molar-refractivity contribution in [3.63, 3.8) is 0 Å². The number of para-hydroxylation sites is 1. The summed E-state index contributed by atoms with van der Waals surface area (Å²) >= 11 is 5.46. The summed E-state index contributed by atoms with van der Waals surface area (Å²) in [5.74, 6) is 0. The highest BCUT2D eigenvalue weighted by Crippen LogP contribution is 2.27. The minimum atomic E-state index is -3.74. The van der Waals surface area contributed by atoms with Gasteiger partial charge in [0.25, 0.3) is 9.05 Å². The number of hydrogen-bond donors (Lipinski definition) is 0. The van der Waals surface area contributed by atoms with Gasteiger partial charge in [0.2, 0.25) is 0 Å². The fourth-order valence-electron chi connectivity index (χ4n) is 1.71. The molecule has 6 heteroatoms.